The third kappa shape index (κ3) is 5.12. The van der Waals surface area contributed by atoms with E-state index in [1.807, 2.05) is 12.1 Å². The van der Waals surface area contributed by atoms with Crippen LogP contribution in [-0.2, 0) is 11.2 Å². The molecule has 176 valence electrons. The van der Waals surface area contributed by atoms with Crippen molar-refractivity contribution in [2.24, 2.45) is 17.3 Å². The largest absolute Gasteiger partial charge is 0.370 e. The van der Waals surface area contributed by atoms with Gasteiger partial charge in [0, 0.05) is 12.1 Å². The van der Waals surface area contributed by atoms with Gasteiger partial charge in [-0.2, -0.15) is 0 Å². The maximum atomic E-state index is 13.4. The van der Waals surface area contributed by atoms with Crippen LogP contribution in [0.15, 0.2) is 47.3 Å². The van der Waals surface area contributed by atoms with E-state index in [1.165, 1.54) is 62.6 Å². The fraction of sp³-hybridized carbons (Fsp3) is 0.571. The highest BCUT2D eigenvalue weighted by Crippen LogP contribution is 2.53. The number of alkyl halides is 1. The highest BCUT2D eigenvalue weighted by Gasteiger charge is 2.51. The maximum Gasteiger partial charge on any atom is 0.123 e. The van der Waals surface area contributed by atoms with Gasteiger partial charge in [-0.3, -0.25) is 4.39 Å². The molecule has 5 aliphatic rings. The number of rotatable bonds is 7. The van der Waals surface area contributed by atoms with Crippen LogP contribution in [0.4, 0.5) is 8.78 Å². The lowest BCUT2D eigenvalue weighted by Gasteiger charge is -2.56. The van der Waals surface area contributed by atoms with E-state index in [1.54, 1.807) is 0 Å². The highest BCUT2D eigenvalue weighted by atomic mass is 31.1. The second kappa shape index (κ2) is 10.4. The topological polar surface area (TPSA) is 12.5 Å². The molecule has 0 N–H and O–H groups in total. The summed E-state index contributed by atoms with van der Waals surface area (Å²) in [5.74, 6) is 8.79. The van der Waals surface area contributed by atoms with Crippen LogP contribution in [0, 0.1) is 34.9 Å². The van der Waals surface area contributed by atoms with Crippen LogP contribution in [0.2, 0.25) is 0 Å². The van der Waals surface area contributed by atoms with Crippen molar-refractivity contribution in [2.45, 2.75) is 50.8 Å². The quantitative estimate of drug-likeness (QED) is 0.272. The van der Waals surface area contributed by atoms with Gasteiger partial charge in [-0.25, -0.2) is 4.39 Å². The first-order chi connectivity index (χ1) is 16.2. The molecule has 5 heteroatoms. The van der Waals surface area contributed by atoms with E-state index in [2.05, 4.69) is 28.9 Å². The molecular formula is C28H34F2NOP. The van der Waals surface area contributed by atoms with Gasteiger partial charge in [-0.15, -0.1) is 0 Å². The number of ether oxygens (including phenoxy) is 1. The molecule has 0 spiro atoms. The summed E-state index contributed by atoms with van der Waals surface area (Å²) < 4.78 is 31.9. The van der Waals surface area contributed by atoms with Crippen molar-refractivity contribution in [3.63, 3.8) is 0 Å². The average molecular weight is 470 g/mol. The summed E-state index contributed by atoms with van der Waals surface area (Å²) >= 11 is 0. The SMILES string of the molecule is FCCCOC1C=CC(C#CC2(C3CCC3)CN3CCC2CC3)=C(Cc2ccc(F)cc2)P1. The van der Waals surface area contributed by atoms with Crippen LogP contribution in [0.3, 0.4) is 0 Å². The predicted octanol–water partition coefficient (Wildman–Crippen LogP) is 6.09. The Morgan fingerprint density at radius 3 is 2.48 bits per heavy atom. The number of piperidine rings is 3. The van der Waals surface area contributed by atoms with Crippen LogP contribution in [-0.4, -0.2) is 43.7 Å². The van der Waals surface area contributed by atoms with E-state index in [9.17, 15) is 8.78 Å². The first kappa shape index (κ1) is 23.2. The summed E-state index contributed by atoms with van der Waals surface area (Å²) in [5, 5.41) is 1.27. The lowest BCUT2D eigenvalue weighted by Crippen LogP contribution is -2.58. The third-order valence-corrected chi connectivity index (χ3v) is 9.45. The van der Waals surface area contributed by atoms with E-state index in [0.29, 0.717) is 21.6 Å². The summed E-state index contributed by atoms with van der Waals surface area (Å²) in [5.41, 5.74) is 2.35. The van der Waals surface area contributed by atoms with Crippen molar-refractivity contribution in [2.75, 3.05) is 32.9 Å². The van der Waals surface area contributed by atoms with Gasteiger partial charge in [-0.05, 0) is 92.5 Å². The highest BCUT2D eigenvalue weighted by molar-refractivity contribution is 7.44. The zero-order chi connectivity index (χ0) is 22.7. The van der Waals surface area contributed by atoms with Gasteiger partial charge in [0.2, 0.25) is 0 Å². The fourth-order valence-corrected chi connectivity index (χ4v) is 7.28. The second-order valence-electron chi connectivity index (χ2n) is 10.0. The Balaban J connectivity index is 1.42. The number of fused-ring (bicyclic) bond motifs is 3. The van der Waals surface area contributed by atoms with Crippen molar-refractivity contribution in [1.29, 1.82) is 0 Å². The van der Waals surface area contributed by atoms with E-state index in [-0.39, 0.29) is 23.8 Å². The molecule has 2 nitrogen and oxygen atoms in total. The number of hydrogen-bond acceptors (Lipinski definition) is 2. The van der Waals surface area contributed by atoms with Crippen LogP contribution >= 0.6 is 8.58 Å². The Morgan fingerprint density at radius 2 is 1.85 bits per heavy atom. The Kier molecular flexibility index (Phi) is 7.31. The monoisotopic (exact) mass is 469 g/mol. The molecule has 3 atom stereocenters. The Bertz CT molecular complexity index is 950. The number of allylic oxidation sites excluding steroid dienone is 3. The molecule has 4 fully saturated rings. The molecule has 33 heavy (non-hydrogen) atoms. The average Bonchev–Trinajstić information content (AvgIpc) is 2.80. The smallest absolute Gasteiger partial charge is 0.123 e. The summed E-state index contributed by atoms with van der Waals surface area (Å²) in [6.45, 7) is 3.69. The minimum atomic E-state index is -0.351. The molecule has 1 aromatic rings. The molecule has 3 saturated heterocycles. The van der Waals surface area contributed by atoms with Crippen molar-refractivity contribution in [3.8, 4) is 11.8 Å². The third-order valence-electron chi connectivity index (χ3n) is 8.01. The minimum absolute atomic E-state index is 0.0186. The van der Waals surface area contributed by atoms with E-state index in [0.717, 1.165) is 35.9 Å². The van der Waals surface area contributed by atoms with E-state index >= 15 is 0 Å². The summed E-state index contributed by atoms with van der Waals surface area (Å²) in [6, 6.07) is 6.77. The van der Waals surface area contributed by atoms with Crippen molar-refractivity contribution >= 4 is 8.58 Å². The summed E-state index contributed by atoms with van der Waals surface area (Å²) in [7, 11) is 0.460. The minimum Gasteiger partial charge on any atom is -0.370 e. The maximum absolute atomic E-state index is 13.4. The van der Waals surface area contributed by atoms with Crippen LogP contribution in [0.1, 0.15) is 44.1 Å². The first-order valence-corrected chi connectivity index (χ1v) is 13.6. The molecule has 4 heterocycles. The van der Waals surface area contributed by atoms with Crippen LogP contribution < -0.4 is 0 Å². The van der Waals surface area contributed by atoms with Gasteiger partial charge >= 0.3 is 0 Å². The standard InChI is InChI=1S/C28H34F2NOP/c29-15-2-18-32-27-10-7-22(26(33-27)19-21-5-8-25(30)9-6-21)11-14-28(23-3-1-4-23)20-31-16-12-24(28)13-17-31/h5-10,23-24,27,33H,1-4,12-13,15-20H2. The molecule has 0 aromatic heterocycles. The summed E-state index contributed by atoms with van der Waals surface area (Å²) in [6.07, 6.45) is 12.0. The normalized spacial score (nSPS) is 32.0. The number of benzene rings is 1. The van der Waals surface area contributed by atoms with E-state index in [4.69, 9.17) is 4.74 Å². The Labute approximate surface area is 198 Å². The van der Waals surface area contributed by atoms with E-state index < -0.39 is 0 Å². The molecule has 1 aromatic carbocycles. The molecule has 0 amide bonds. The van der Waals surface area contributed by atoms with Crippen LogP contribution in [0.5, 0.6) is 0 Å². The Morgan fingerprint density at radius 1 is 1.09 bits per heavy atom. The molecule has 2 bridgehead atoms. The van der Waals surface area contributed by atoms with Crippen LogP contribution in [0.25, 0.3) is 0 Å². The lowest BCUT2D eigenvalue weighted by atomic mass is 9.55. The van der Waals surface area contributed by atoms with Crippen molar-refractivity contribution < 1.29 is 13.5 Å². The van der Waals surface area contributed by atoms with Gasteiger partial charge in [0.05, 0.1) is 24.5 Å². The van der Waals surface area contributed by atoms with Crippen molar-refractivity contribution in [3.05, 3.63) is 58.7 Å². The molecule has 1 aliphatic carbocycles. The van der Waals surface area contributed by atoms with Gasteiger partial charge in [0.25, 0.3) is 0 Å². The molecule has 3 unspecified atom stereocenters. The number of halogens is 2. The molecule has 6 rings (SSSR count). The zero-order valence-corrected chi connectivity index (χ0v) is 20.3. The fourth-order valence-electron chi connectivity index (χ4n) is 5.93. The first-order valence-electron chi connectivity index (χ1n) is 12.5. The number of nitrogens with zero attached hydrogens (tertiary/aromatic N) is 1. The Hall–Kier alpha value is -1.53. The molecular weight excluding hydrogens is 435 g/mol. The zero-order valence-electron chi connectivity index (χ0n) is 19.3. The number of hydrogen-bond donors (Lipinski definition) is 0. The second-order valence-corrected chi connectivity index (χ2v) is 11.5. The molecule has 0 radical (unpaired) electrons. The van der Waals surface area contributed by atoms with Gasteiger partial charge < -0.3 is 9.64 Å². The van der Waals surface area contributed by atoms with Crippen molar-refractivity contribution in [1.82, 2.24) is 4.90 Å². The lowest BCUT2D eigenvalue weighted by molar-refractivity contribution is -0.0502. The van der Waals surface area contributed by atoms with Gasteiger partial charge in [-0.1, -0.05) is 45.1 Å². The van der Waals surface area contributed by atoms with Gasteiger partial charge in [0.15, 0.2) is 0 Å². The predicted molar refractivity (Wildman–Crippen MR) is 132 cm³/mol. The molecule has 1 saturated carbocycles. The van der Waals surface area contributed by atoms with Gasteiger partial charge in [0.1, 0.15) is 5.82 Å². The summed E-state index contributed by atoms with van der Waals surface area (Å²) in [4.78, 5) is 2.63. The molecule has 4 aliphatic heterocycles.